The van der Waals surface area contributed by atoms with E-state index in [1.807, 2.05) is 6.20 Å². The van der Waals surface area contributed by atoms with Crippen molar-refractivity contribution in [3.63, 3.8) is 0 Å². The van der Waals surface area contributed by atoms with Gasteiger partial charge in [-0.25, -0.2) is 4.98 Å². The monoisotopic (exact) mass is 222 g/mol. The Morgan fingerprint density at radius 1 is 1.38 bits per heavy atom. The summed E-state index contributed by atoms with van der Waals surface area (Å²) < 4.78 is 2.22. The van der Waals surface area contributed by atoms with Crippen LogP contribution in [0.5, 0.6) is 0 Å². The quantitative estimate of drug-likeness (QED) is 0.831. The Morgan fingerprint density at radius 3 is 2.69 bits per heavy atom. The Bertz CT molecular complexity index is 324. The minimum Gasteiger partial charge on any atom is -0.334 e. The number of aromatic nitrogens is 2. The summed E-state index contributed by atoms with van der Waals surface area (Å²) in [4.78, 5) is 6.92. The highest BCUT2D eigenvalue weighted by Crippen LogP contribution is 2.09. The molecule has 4 nitrogen and oxygen atoms in total. The molecular formula is C12H22N4. The van der Waals surface area contributed by atoms with Gasteiger partial charge in [0.25, 0.3) is 0 Å². The molecule has 90 valence electrons. The summed E-state index contributed by atoms with van der Waals surface area (Å²) >= 11 is 0. The highest BCUT2D eigenvalue weighted by Gasteiger charge is 2.21. The van der Waals surface area contributed by atoms with E-state index < -0.39 is 0 Å². The summed E-state index contributed by atoms with van der Waals surface area (Å²) in [6.07, 6.45) is 3.96. The molecule has 1 aliphatic heterocycles. The molecule has 1 saturated heterocycles. The van der Waals surface area contributed by atoms with Crippen LogP contribution in [0.15, 0.2) is 12.4 Å². The van der Waals surface area contributed by atoms with Gasteiger partial charge in [0.05, 0.1) is 6.54 Å². The Kier molecular flexibility index (Phi) is 3.61. The predicted octanol–water partition coefficient (Wildman–Crippen LogP) is 1.09. The third-order valence-electron chi connectivity index (χ3n) is 3.14. The van der Waals surface area contributed by atoms with Crippen LogP contribution in [0.2, 0.25) is 0 Å². The largest absolute Gasteiger partial charge is 0.334 e. The van der Waals surface area contributed by atoms with E-state index in [2.05, 4.69) is 46.7 Å². The third kappa shape index (κ3) is 2.62. The molecule has 0 radical (unpaired) electrons. The van der Waals surface area contributed by atoms with E-state index in [0.29, 0.717) is 12.1 Å². The highest BCUT2D eigenvalue weighted by atomic mass is 15.2. The second kappa shape index (κ2) is 4.97. The van der Waals surface area contributed by atoms with E-state index >= 15 is 0 Å². The maximum Gasteiger partial charge on any atom is 0.122 e. The third-order valence-corrected chi connectivity index (χ3v) is 3.14. The van der Waals surface area contributed by atoms with E-state index in [4.69, 9.17) is 0 Å². The molecule has 0 spiro atoms. The van der Waals surface area contributed by atoms with Crippen LogP contribution in [0.4, 0.5) is 0 Å². The first-order valence-corrected chi connectivity index (χ1v) is 6.17. The Hall–Kier alpha value is -0.870. The normalized spacial score (nSPS) is 27.2. The number of aryl methyl sites for hydroxylation is 1. The average molecular weight is 222 g/mol. The zero-order valence-electron chi connectivity index (χ0n) is 10.5. The molecule has 0 bridgehead atoms. The fourth-order valence-corrected chi connectivity index (χ4v) is 2.55. The van der Waals surface area contributed by atoms with E-state index in [0.717, 1.165) is 26.2 Å². The van der Waals surface area contributed by atoms with Gasteiger partial charge in [-0.3, -0.25) is 4.90 Å². The predicted molar refractivity (Wildman–Crippen MR) is 65.2 cm³/mol. The second-order valence-electron chi connectivity index (χ2n) is 4.79. The second-order valence-corrected chi connectivity index (χ2v) is 4.79. The van der Waals surface area contributed by atoms with Crippen LogP contribution in [-0.2, 0) is 13.1 Å². The van der Waals surface area contributed by atoms with E-state index in [-0.39, 0.29) is 0 Å². The van der Waals surface area contributed by atoms with Gasteiger partial charge in [-0.1, -0.05) is 0 Å². The van der Waals surface area contributed by atoms with Gasteiger partial charge in [0.2, 0.25) is 0 Å². The van der Waals surface area contributed by atoms with Crippen LogP contribution in [0.25, 0.3) is 0 Å². The SMILES string of the molecule is CCn1ccnc1CN1CC(C)NC(C)C1. The lowest BCUT2D eigenvalue weighted by Gasteiger charge is -2.35. The molecule has 16 heavy (non-hydrogen) atoms. The molecule has 0 aromatic carbocycles. The maximum atomic E-state index is 4.43. The van der Waals surface area contributed by atoms with E-state index in [1.54, 1.807) is 0 Å². The maximum absolute atomic E-state index is 4.43. The average Bonchev–Trinajstić information content (AvgIpc) is 2.63. The summed E-state index contributed by atoms with van der Waals surface area (Å²) in [6.45, 7) is 10.9. The van der Waals surface area contributed by atoms with Crippen molar-refractivity contribution in [1.29, 1.82) is 0 Å². The van der Waals surface area contributed by atoms with E-state index in [9.17, 15) is 0 Å². The zero-order chi connectivity index (χ0) is 11.5. The van der Waals surface area contributed by atoms with Crippen LogP contribution in [0, 0.1) is 0 Å². The Morgan fingerprint density at radius 2 is 2.06 bits per heavy atom. The number of nitrogens with zero attached hydrogens (tertiary/aromatic N) is 3. The molecule has 2 unspecified atom stereocenters. The van der Waals surface area contributed by atoms with Crippen molar-refractivity contribution in [2.75, 3.05) is 13.1 Å². The first kappa shape index (κ1) is 11.6. The van der Waals surface area contributed by atoms with Gasteiger partial charge >= 0.3 is 0 Å². The number of piperazine rings is 1. The van der Waals surface area contributed by atoms with Crippen molar-refractivity contribution in [3.8, 4) is 0 Å². The summed E-state index contributed by atoms with van der Waals surface area (Å²) in [5.74, 6) is 1.18. The first-order chi connectivity index (χ1) is 7.69. The Labute approximate surface area is 97.7 Å². The van der Waals surface area contributed by atoms with Crippen molar-refractivity contribution < 1.29 is 0 Å². The standard InChI is InChI=1S/C12H22N4/c1-4-16-6-5-13-12(16)9-15-7-10(2)14-11(3)8-15/h5-6,10-11,14H,4,7-9H2,1-3H3. The molecule has 2 atom stereocenters. The van der Waals surface area contributed by atoms with Gasteiger partial charge in [0.1, 0.15) is 5.82 Å². The van der Waals surface area contributed by atoms with Gasteiger partial charge in [-0.2, -0.15) is 0 Å². The number of rotatable bonds is 3. The lowest BCUT2D eigenvalue weighted by molar-refractivity contribution is 0.161. The van der Waals surface area contributed by atoms with Crippen LogP contribution in [0.3, 0.4) is 0 Å². The van der Waals surface area contributed by atoms with Crippen molar-refractivity contribution >= 4 is 0 Å². The fraction of sp³-hybridized carbons (Fsp3) is 0.750. The molecule has 1 N–H and O–H groups in total. The summed E-state index contributed by atoms with van der Waals surface area (Å²) in [5.41, 5.74) is 0. The first-order valence-electron chi connectivity index (χ1n) is 6.17. The molecular weight excluding hydrogens is 200 g/mol. The fourth-order valence-electron chi connectivity index (χ4n) is 2.55. The minimum absolute atomic E-state index is 0.578. The highest BCUT2D eigenvalue weighted by molar-refractivity contribution is 4.94. The van der Waals surface area contributed by atoms with Gasteiger partial charge < -0.3 is 9.88 Å². The molecule has 2 rings (SSSR count). The number of hydrogen-bond donors (Lipinski definition) is 1. The lowest BCUT2D eigenvalue weighted by atomic mass is 10.1. The summed E-state index contributed by atoms with van der Waals surface area (Å²) in [7, 11) is 0. The van der Waals surface area contributed by atoms with Gasteiger partial charge in [-0.15, -0.1) is 0 Å². The van der Waals surface area contributed by atoms with Crippen molar-refractivity contribution in [3.05, 3.63) is 18.2 Å². The molecule has 0 aliphatic carbocycles. The van der Waals surface area contributed by atoms with Crippen LogP contribution in [-0.4, -0.2) is 39.6 Å². The lowest BCUT2D eigenvalue weighted by Crippen LogP contribution is -2.53. The molecule has 1 aromatic heterocycles. The van der Waals surface area contributed by atoms with Gasteiger partial charge in [0.15, 0.2) is 0 Å². The minimum atomic E-state index is 0.578. The topological polar surface area (TPSA) is 33.1 Å². The van der Waals surface area contributed by atoms with Gasteiger partial charge in [-0.05, 0) is 20.8 Å². The molecule has 1 aromatic rings. The number of nitrogens with one attached hydrogen (secondary N) is 1. The molecule has 0 amide bonds. The summed E-state index contributed by atoms with van der Waals surface area (Å²) in [5, 5.41) is 3.55. The molecule has 4 heteroatoms. The van der Waals surface area contributed by atoms with Crippen LogP contribution >= 0.6 is 0 Å². The smallest absolute Gasteiger partial charge is 0.122 e. The van der Waals surface area contributed by atoms with Crippen molar-refractivity contribution in [1.82, 2.24) is 19.8 Å². The molecule has 1 aliphatic rings. The number of hydrogen-bond acceptors (Lipinski definition) is 3. The van der Waals surface area contributed by atoms with Crippen LogP contribution < -0.4 is 5.32 Å². The molecule has 2 heterocycles. The Balaban J connectivity index is 1.98. The number of imidazole rings is 1. The van der Waals surface area contributed by atoms with Crippen molar-refractivity contribution in [2.45, 2.75) is 45.9 Å². The van der Waals surface area contributed by atoms with Gasteiger partial charge in [0, 0.05) is 44.1 Å². The molecule has 1 fully saturated rings. The molecule has 0 saturated carbocycles. The summed E-state index contributed by atoms with van der Waals surface area (Å²) in [6, 6.07) is 1.16. The van der Waals surface area contributed by atoms with E-state index in [1.165, 1.54) is 5.82 Å². The zero-order valence-corrected chi connectivity index (χ0v) is 10.5. The van der Waals surface area contributed by atoms with Crippen molar-refractivity contribution in [2.24, 2.45) is 0 Å². The van der Waals surface area contributed by atoms with Crippen LogP contribution in [0.1, 0.15) is 26.6 Å².